The first-order valence-electron chi connectivity index (χ1n) is 11.1. The number of hydrogen-bond donors (Lipinski definition) is 0. The van der Waals surface area contributed by atoms with Crippen LogP contribution in [0.3, 0.4) is 0 Å². The molecule has 0 aliphatic heterocycles. The van der Waals surface area contributed by atoms with Gasteiger partial charge in [0.15, 0.2) is 4.80 Å². The number of hydrogen-bond acceptors (Lipinski definition) is 5. The van der Waals surface area contributed by atoms with Gasteiger partial charge < -0.3 is 9.30 Å². The first-order valence-corrected chi connectivity index (χ1v) is 11.9. The van der Waals surface area contributed by atoms with Crippen LogP contribution in [0.2, 0.25) is 0 Å². The minimum atomic E-state index is -0.0704. The summed E-state index contributed by atoms with van der Waals surface area (Å²) in [6.07, 6.45) is 0. The highest BCUT2D eigenvalue weighted by atomic mass is 32.1. The molecule has 0 N–H and O–H groups in total. The number of aromatic nitrogens is 3. The average Bonchev–Trinajstić information content (AvgIpc) is 3.27. The summed E-state index contributed by atoms with van der Waals surface area (Å²) in [7, 11) is 1.67. The number of fused-ring (bicyclic) bond motifs is 1. The molecule has 34 heavy (non-hydrogen) atoms. The van der Waals surface area contributed by atoms with Gasteiger partial charge >= 0.3 is 0 Å². The van der Waals surface area contributed by atoms with E-state index in [1.54, 1.807) is 23.0 Å². The molecule has 0 saturated heterocycles. The smallest absolute Gasteiger partial charge is 0.265 e. The Balaban J connectivity index is 1.52. The monoisotopic (exact) mass is 468 g/mol. The molecule has 7 heteroatoms. The molecule has 0 aliphatic rings. The Hall–Kier alpha value is -3.97. The number of thiazole rings is 1. The molecule has 5 rings (SSSR count). The maximum absolute atomic E-state index is 13.1. The van der Waals surface area contributed by atoms with Crippen LogP contribution < -0.4 is 15.1 Å². The van der Waals surface area contributed by atoms with Gasteiger partial charge in [-0.15, -0.1) is 11.3 Å². The highest BCUT2D eigenvalue weighted by Gasteiger charge is 2.10. The molecule has 0 unspecified atom stereocenters. The Morgan fingerprint density at radius 2 is 1.74 bits per heavy atom. The van der Waals surface area contributed by atoms with Gasteiger partial charge in [0.1, 0.15) is 11.6 Å². The van der Waals surface area contributed by atoms with Crippen molar-refractivity contribution in [1.82, 2.24) is 14.1 Å². The average molecular weight is 469 g/mol. The summed E-state index contributed by atoms with van der Waals surface area (Å²) >= 11 is 1.61. The molecule has 0 amide bonds. The van der Waals surface area contributed by atoms with Gasteiger partial charge in [0.05, 0.1) is 35.1 Å². The molecule has 3 aromatic carbocycles. The molecule has 0 fully saturated rings. The first-order chi connectivity index (χ1) is 16.6. The van der Waals surface area contributed by atoms with Crippen LogP contribution in [0.4, 0.5) is 5.69 Å². The number of benzene rings is 3. The Morgan fingerprint density at radius 3 is 2.44 bits per heavy atom. The number of para-hydroxylation sites is 1. The third kappa shape index (κ3) is 3.95. The second-order valence-electron chi connectivity index (χ2n) is 7.82. The summed E-state index contributed by atoms with van der Waals surface area (Å²) in [4.78, 5) is 23.5. The van der Waals surface area contributed by atoms with Crippen LogP contribution in [-0.4, -0.2) is 21.2 Å². The molecular formula is C27H24N4O2S. The van der Waals surface area contributed by atoms with E-state index in [9.17, 15) is 4.79 Å². The van der Waals surface area contributed by atoms with Gasteiger partial charge in [-0.1, -0.05) is 12.1 Å². The molecule has 0 aliphatic carbocycles. The van der Waals surface area contributed by atoms with Crippen molar-refractivity contribution in [2.75, 3.05) is 7.11 Å². The molecule has 0 spiro atoms. The van der Waals surface area contributed by atoms with Gasteiger partial charge in [0.25, 0.3) is 5.56 Å². The topological polar surface area (TPSA) is 61.4 Å². The molecule has 5 aromatic rings. The minimum absolute atomic E-state index is 0.0704. The van der Waals surface area contributed by atoms with E-state index in [0.717, 1.165) is 39.7 Å². The molecular weight excluding hydrogens is 444 g/mol. The first kappa shape index (κ1) is 21.9. The van der Waals surface area contributed by atoms with Gasteiger partial charge in [-0.05, 0) is 80.1 Å². The SMILES string of the molecule is CCn1c(-c2ccc(OC)cc2)csc1=Nc1ccc(-n2c(C)nc3ccccc3c2=O)cc1. The molecule has 0 saturated carbocycles. The Bertz CT molecular complexity index is 1590. The lowest BCUT2D eigenvalue weighted by molar-refractivity contribution is 0.415. The van der Waals surface area contributed by atoms with Gasteiger partial charge in [-0.2, -0.15) is 0 Å². The highest BCUT2D eigenvalue weighted by molar-refractivity contribution is 7.07. The van der Waals surface area contributed by atoms with Crippen molar-refractivity contribution in [1.29, 1.82) is 0 Å². The standard InChI is InChI=1S/C27H24N4O2S/c1-4-30-25(19-9-15-22(33-3)16-10-19)17-34-27(30)29-20-11-13-21(14-12-20)31-18(2)28-24-8-6-5-7-23(24)26(31)32/h5-17H,4H2,1-3H3. The summed E-state index contributed by atoms with van der Waals surface area (Å²) < 4.78 is 9.12. The van der Waals surface area contributed by atoms with Crippen LogP contribution in [0.15, 0.2) is 88.0 Å². The van der Waals surface area contributed by atoms with Gasteiger partial charge in [-0.3, -0.25) is 9.36 Å². The maximum atomic E-state index is 13.1. The van der Waals surface area contributed by atoms with Crippen molar-refractivity contribution in [2.24, 2.45) is 4.99 Å². The number of nitrogens with zero attached hydrogens (tertiary/aromatic N) is 4. The van der Waals surface area contributed by atoms with Crippen molar-refractivity contribution in [3.05, 3.63) is 99.2 Å². The molecule has 2 heterocycles. The number of methoxy groups -OCH3 is 1. The quantitative estimate of drug-likeness (QED) is 0.343. The Kier molecular flexibility index (Phi) is 5.86. The van der Waals surface area contributed by atoms with Crippen molar-refractivity contribution >= 4 is 27.9 Å². The lowest BCUT2D eigenvalue weighted by Crippen LogP contribution is -2.22. The van der Waals surface area contributed by atoms with E-state index < -0.39 is 0 Å². The van der Waals surface area contributed by atoms with E-state index in [1.165, 1.54) is 0 Å². The summed E-state index contributed by atoms with van der Waals surface area (Å²) in [5, 5.41) is 2.73. The van der Waals surface area contributed by atoms with Crippen molar-refractivity contribution < 1.29 is 4.74 Å². The Labute approximate surface area is 201 Å². The zero-order valence-corrected chi connectivity index (χ0v) is 20.0. The zero-order valence-electron chi connectivity index (χ0n) is 19.2. The summed E-state index contributed by atoms with van der Waals surface area (Å²) in [5.41, 5.74) is 4.48. The fourth-order valence-electron chi connectivity index (χ4n) is 4.05. The van der Waals surface area contributed by atoms with E-state index in [1.807, 2.05) is 67.6 Å². The lowest BCUT2D eigenvalue weighted by Gasteiger charge is -2.11. The summed E-state index contributed by atoms with van der Waals surface area (Å²) in [6.45, 7) is 4.77. The van der Waals surface area contributed by atoms with Crippen LogP contribution in [0.5, 0.6) is 5.75 Å². The van der Waals surface area contributed by atoms with E-state index in [2.05, 4.69) is 34.0 Å². The van der Waals surface area contributed by atoms with Gasteiger partial charge in [0, 0.05) is 11.9 Å². The van der Waals surface area contributed by atoms with E-state index in [-0.39, 0.29) is 5.56 Å². The third-order valence-corrected chi connectivity index (χ3v) is 6.64. The number of rotatable bonds is 5. The van der Waals surface area contributed by atoms with Crippen LogP contribution in [0, 0.1) is 6.92 Å². The van der Waals surface area contributed by atoms with Crippen LogP contribution in [-0.2, 0) is 6.54 Å². The number of ether oxygens (including phenoxy) is 1. The molecule has 2 aromatic heterocycles. The number of aryl methyl sites for hydroxylation is 1. The maximum Gasteiger partial charge on any atom is 0.265 e. The second kappa shape index (κ2) is 9.11. The van der Waals surface area contributed by atoms with E-state index in [0.29, 0.717) is 16.7 Å². The fraction of sp³-hybridized carbons (Fsp3) is 0.148. The molecule has 0 bridgehead atoms. The minimum Gasteiger partial charge on any atom is -0.497 e. The Morgan fingerprint density at radius 1 is 1.00 bits per heavy atom. The van der Waals surface area contributed by atoms with Gasteiger partial charge in [-0.25, -0.2) is 9.98 Å². The molecule has 0 atom stereocenters. The lowest BCUT2D eigenvalue weighted by atomic mass is 10.1. The predicted octanol–water partition coefficient (Wildman–Crippen LogP) is 5.49. The largest absolute Gasteiger partial charge is 0.497 e. The summed E-state index contributed by atoms with van der Waals surface area (Å²) in [6, 6.07) is 23.2. The van der Waals surface area contributed by atoms with Gasteiger partial charge in [0.2, 0.25) is 0 Å². The van der Waals surface area contributed by atoms with Crippen molar-refractivity contribution in [3.63, 3.8) is 0 Å². The van der Waals surface area contributed by atoms with Crippen LogP contribution >= 0.6 is 11.3 Å². The molecule has 170 valence electrons. The summed E-state index contributed by atoms with van der Waals surface area (Å²) in [5.74, 6) is 1.49. The zero-order chi connectivity index (χ0) is 23.7. The van der Waals surface area contributed by atoms with Crippen molar-refractivity contribution in [2.45, 2.75) is 20.4 Å². The second-order valence-corrected chi connectivity index (χ2v) is 8.66. The van der Waals surface area contributed by atoms with Crippen LogP contribution in [0.1, 0.15) is 12.7 Å². The molecule has 6 nitrogen and oxygen atoms in total. The highest BCUT2D eigenvalue weighted by Crippen LogP contribution is 2.24. The fourth-order valence-corrected chi connectivity index (χ4v) is 5.04. The van der Waals surface area contributed by atoms with E-state index >= 15 is 0 Å². The molecule has 0 radical (unpaired) electrons. The predicted molar refractivity (Wildman–Crippen MR) is 137 cm³/mol. The normalized spacial score (nSPS) is 11.8. The third-order valence-electron chi connectivity index (χ3n) is 5.78. The van der Waals surface area contributed by atoms with Crippen molar-refractivity contribution in [3.8, 4) is 22.7 Å². The van der Waals surface area contributed by atoms with Crippen LogP contribution in [0.25, 0.3) is 27.8 Å². The van der Waals surface area contributed by atoms with E-state index in [4.69, 9.17) is 9.73 Å².